The van der Waals surface area contributed by atoms with Crippen LogP contribution in [-0.4, -0.2) is 6.61 Å². The first kappa shape index (κ1) is 14.4. The summed E-state index contributed by atoms with van der Waals surface area (Å²) in [4.78, 5) is 0. The number of benzene rings is 2. The van der Waals surface area contributed by atoms with Crippen molar-refractivity contribution < 1.29 is 9.47 Å². The Kier molecular flexibility index (Phi) is 4.17. The van der Waals surface area contributed by atoms with Crippen molar-refractivity contribution >= 4 is 15.9 Å². The third kappa shape index (κ3) is 3.06. The number of para-hydroxylation sites is 1. The first-order valence-corrected chi connectivity index (χ1v) is 7.86. The van der Waals surface area contributed by atoms with Gasteiger partial charge in [-0.05, 0) is 30.7 Å². The van der Waals surface area contributed by atoms with Crippen molar-refractivity contribution in [2.24, 2.45) is 5.73 Å². The molecule has 0 saturated heterocycles. The molecule has 0 saturated carbocycles. The molecule has 1 aliphatic rings. The third-order valence-corrected chi connectivity index (χ3v) is 4.08. The average molecular weight is 348 g/mol. The Bertz CT molecular complexity index is 655. The Morgan fingerprint density at radius 1 is 1.33 bits per heavy atom. The molecule has 1 aliphatic heterocycles. The Balaban J connectivity index is 1.83. The highest BCUT2D eigenvalue weighted by molar-refractivity contribution is 9.10. The van der Waals surface area contributed by atoms with Gasteiger partial charge in [0.2, 0.25) is 0 Å². The number of halogens is 1. The van der Waals surface area contributed by atoms with E-state index in [9.17, 15) is 0 Å². The summed E-state index contributed by atoms with van der Waals surface area (Å²) < 4.78 is 12.8. The van der Waals surface area contributed by atoms with Crippen LogP contribution in [0.25, 0.3) is 0 Å². The Morgan fingerprint density at radius 3 is 2.95 bits per heavy atom. The van der Waals surface area contributed by atoms with E-state index in [0.717, 1.165) is 40.1 Å². The average Bonchev–Trinajstić information content (AvgIpc) is 2.93. The molecular weight excluding hydrogens is 330 g/mol. The first-order valence-electron chi connectivity index (χ1n) is 7.06. The summed E-state index contributed by atoms with van der Waals surface area (Å²) in [5.41, 5.74) is 9.31. The highest BCUT2D eigenvalue weighted by Crippen LogP contribution is 2.34. The van der Waals surface area contributed by atoms with Crippen molar-refractivity contribution in [2.45, 2.75) is 26.0 Å². The molecule has 0 fully saturated rings. The van der Waals surface area contributed by atoms with E-state index in [1.165, 1.54) is 5.56 Å². The summed E-state index contributed by atoms with van der Waals surface area (Å²) in [6.07, 6.45) is 0.957. The van der Waals surface area contributed by atoms with Gasteiger partial charge in [0, 0.05) is 28.1 Å². The van der Waals surface area contributed by atoms with Gasteiger partial charge in [-0.2, -0.15) is 0 Å². The molecule has 0 radical (unpaired) electrons. The zero-order chi connectivity index (χ0) is 14.8. The number of rotatable bonds is 4. The van der Waals surface area contributed by atoms with Crippen molar-refractivity contribution in [3.05, 3.63) is 57.6 Å². The van der Waals surface area contributed by atoms with E-state index in [-0.39, 0.29) is 6.04 Å². The summed E-state index contributed by atoms with van der Waals surface area (Å²) in [5.74, 6) is 1.80. The molecule has 2 aromatic carbocycles. The lowest BCUT2D eigenvalue weighted by Gasteiger charge is -2.15. The molecule has 1 atom stereocenters. The molecule has 0 unspecified atom stereocenters. The fourth-order valence-electron chi connectivity index (χ4n) is 2.60. The normalized spacial score (nSPS) is 14.4. The number of nitrogens with two attached hydrogens (primary N) is 1. The molecule has 110 valence electrons. The minimum atomic E-state index is -0.0503. The lowest BCUT2D eigenvalue weighted by Crippen LogP contribution is -2.08. The fraction of sp³-hybridized carbons (Fsp3) is 0.294. The Labute approximate surface area is 133 Å². The number of ether oxygens (including phenoxy) is 2. The van der Waals surface area contributed by atoms with Crippen LogP contribution in [0.3, 0.4) is 0 Å². The maximum absolute atomic E-state index is 5.99. The molecule has 4 heteroatoms. The van der Waals surface area contributed by atoms with Crippen LogP contribution in [0.4, 0.5) is 0 Å². The predicted octanol–water partition coefficient (Wildman–Crippen LogP) is 3.98. The molecular formula is C17H18BrNO2. The van der Waals surface area contributed by atoms with Crippen molar-refractivity contribution in [1.82, 2.24) is 0 Å². The smallest absolute Gasteiger partial charge is 0.129 e. The molecule has 0 bridgehead atoms. The monoisotopic (exact) mass is 347 g/mol. The first-order chi connectivity index (χ1) is 10.1. The number of fused-ring (bicyclic) bond motifs is 1. The minimum Gasteiger partial charge on any atom is -0.493 e. The molecule has 2 N–H and O–H groups in total. The minimum absolute atomic E-state index is 0.0503. The van der Waals surface area contributed by atoms with Gasteiger partial charge in [0.15, 0.2) is 0 Å². The van der Waals surface area contributed by atoms with Gasteiger partial charge < -0.3 is 15.2 Å². The van der Waals surface area contributed by atoms with E-state index >= 15 is 0 Å². The van der Waals surface area contributed by atoms with Crippen LogP contribution in [0, 0.1) is 0 Å². The van der Waals surface area contributed by atoms with E-state index in [4.69, 9.17) is 15.2 Å². The summed E-state index contributed by atoms with van der Waals surface area (Å²) in [5, 5.41) is 0. The third-order valence-electron chi connectivity index (χ3n) is 3.62. The van der Waals surface area contributed by atoms with E-state index in [1.807, 2.05) is 31.2 Å². The molecule has 21 heavy (non-hydrogen) atoms. The zero-order valence-electron chi connectivity index (χ0n) is 11.9. The van der Waals surface area contributed by atoms with Crippen molar-refractivity contribution in [3.8, 4) is 11.5 Å². The van der Waals surface area contributed by atoms with Gasteiger partial charge in [-0.1, -0.05) is 34.1 Å². The van der Waals surface area contributed by atoms with Crippen LogP contribution in [0.2, 0.25) is 0 Å². The predicted molar refractivity (Wildman–Crippen MR) is 86.7 cm³/mol. The maximum Gasteiger partial charge on any atom is 0.129 e. The highest BCUT2D eigenvalue weighted by Gasteiger charge is 2.18. The van der Waals surface area contributed by atoms with Gasteiger partial charge in [0.05, 0.1) is 6.61 Å². The van der Waals surface area contributed by atoms with Gasteiger partial charge in [0.1, 0.15) is 18.1 Å². The van der Waals surface area contributed by atoms with Crippen LogP contribution >= 0.6 is 15.9 Å². The van der Waals surface area contributed by atoms with E-state index in [1.54, 1.807) is 0 Å². The van der Waals surface area contributed by atoms with Gasteiger partial charge in [-0.15, -0.1) is 0 Å². The van der Waals surface area contributed by atoms with Crippen LogP contribution in [0.1, 0.15) is 29.7 Å². The molecule has 1 heterocycles. The summed E-state index contributed by atoms with van der Waals surface area (Å²) >= 11 is 3.55. The van der Waals surface area contributed by atoms with Crippen molar-refractivity contribution in [2.75, 3.05) is 6.61 Å². The van der Waals surface area contributed by atoms with E-state index < -0.39 is 0 Å². The molecule has 3 rings (SSSR count). The van der Waals surface area contributed by atoms with E-state index in [2.05, 4.69) is 28.1 Å². The summed E-state index contributed by atoms with van der Waals surface area (Å²) in [6.45, 7) is 3.18. The fourth-order valence-corrected chi connectivity index (χ4v) is 3.15. The Morgan fingerprint density at radius 2 is 2.14 bits per heavy atom. The highest BCUT2D eigenvalue weighted by atomic mass is 79.9. The Hall–Kier alpha value is -1.52. The maximum atomic E-state index is 5.99. The number of hydrogen-bond donors (Lipinski definition) is 1. The lowest BCUT2D eigenvalue weighted by molar-refractivity contribution is 0.288. The van der Waals surface area contributed by atoms with Gasteiger partial charge in [-0.3, -0.25) is 0 Å². The number of hydrogen-bond acceptors (Lipinski definition) is 3. The molecule has 0 aliphatic carbocycles. The van der Waals surface area contributed by atoms with Crippen LogP contribution in [0.5, 0.6) is 11.5 Å². The standard InChI is InChI=1S/C17H18BrNO2/c1-11(19)15-4-2-3-5-16(15)21-10-13-9-14(18)8-12-6-7-20-17(12)13/h2-5,8-9,11H,6-7,10,19H2,1H3/t11-/m1/s1. The van der Waals surface area contributed by atoms with Crippen LogP contribution < -0.4 is 15.2 Å². The molecule has 2 aromatic rings. The zero-order valence-corrected chi connectivity index (χ0v) is 13.5. The quantitative estimate of drug-likeness (QED) is 0.909. The van der Waals surface area contributed by atoms with Crippen molar-refractivity contribution in [1.29, 1.82) is 0 Å². The van der Waals surface area contributed by atoms with Gasteiger partial charge >= 0.3 is 0 Å². The molecule has 0 aromatic heterocycles. The second kappa shape index (κ2) is 6.08. The SMILES string of the molecule is C[C@@H](N)c1ccccc1OCc1cc(Br)cc2c1OCC2. The second-order valence-corrected chi connectivity index (χ2v) is 6.18. The van der Waals surface area contributed by atoms with Crippen molar-refractivity contribution in [3.63, 3.8) is 0 Å². The molecule has 0 amide bonds. The molecule has 3 nitrogen and oxygen atoms in total. The largest absolute Gasteiger partial charge is 0.493 e. The van der Waals surface area contributed by atoms with Gasteiger partial charge in [-0.25, -0.2) is 0 Å². The molecule has 0 spiro atoms. The second-order valence-electron chi connectivity index (χ2n) is 5.27. The summed E-state index contributed by atoms with van der Waals surface area (Å²) in [7, 11) is 0. The van der Waals surface area contributed by atoms with Gasteiger partial charge in [0.25, 0.3) is 0 Å². The lowest BCUT2D eigenvalue weighted by atomic mass is 10.1. The van der Waals surface area contributed by atoms with Crippen LogP contribution in [-0.2, 0) is 13.0 Å². The summed E-state index contributed by atoms with van der Waals surface area (Å²) in [6, 6.07) is 12.0. The van der Waals surface area contributed by atoms with Crippen LogP contribution in [0.15, 0.2) is 40.9 Å². The topological polar surface area (TPSA) is 44.5 Å². The van der Waals surface area contributed by atoms with E-state index in [0.29, 0.717) is 6.61 Å².